The molecule has 0 N–H and O–H groups in total. The number of rotatable bonds is 3. The molecule has 1 atom stereocenters. The number of thioether (sulfide) groups is 1. The van der Waals surface area contributed by atoms with Gasteiger partial charge in [-0.3, -0.25) is 9.69 Å². The molecule has 6 heteroatoms. The van der Waals surface area contributed by atoms with Crippen LogP contribution in [0.25, 0.3) is 0 Å². The molecule has 1 aliphatic carbocycles. The maximum absolute atomic E-state index is 12.8. The van der Waals surface area contributed by atoms with Gasteiger partial charge in [0, 0.05) is 32.4 Å². The minimum absolute atomic E-state index is 0.122. The van der Waals surface area contributed by atoms with Crippen molar-refractivity contribution in [3.63, 3.8) is 0 Å². The minimum Gasteiger partial charge on any atom is -0.354 e. The first-order valence-corrected chi connectivity index (χ1v) is 10.9. The third-order valence-corrected chi connectivity index (χ3v) is 7.55. The van der Waals surface area contributed by atoms with E-state index in [1.165, 1.54) is 12.8 Å². The molecule has 0 aromatic carbocycles. The van der Waals surface area contributed by atoms with Crippen LogP contribution in [0, 0.1) is 11.8 Å². The van der Waals surface area contributed by atoms with E-state index in [1.807, 2.05) is 35.0 Å². The number of amides is 1. The van der Waals surface area contributed by atoms with Gasteiger partial charge in [-0.2, -0.15) is 0 Å². The van der Waals surface area contributed by atoms with Crippen LogP contribution in [0.1, 0.15) is 32.6 Å². The number of carbonyl (C=O) groups excluding carboxylic acids is 1. The second-order valence-corrected chi connectivity index (χ2v) is 9.36. The van der Waals surface area contributed by atoms with E-state index in [0.717, 1.165) is 51.4 Å². The van der Waals surface area contributed by atoms with E-state index in [9.17, 15) is 4.79 Å². The number of aromatic nitrogens is 1. The maximum Gasteiger partial charge on any atom is 0.240 e. The van der Waals surface area contributed by atoms with Crippen molar-refractivity contribution in [1.82, 2.24) is 14.8 Å². The smallest absolute Gasteiger partial charge is 0.240 e. The molecule has 27 heavy (non-hydrogen) atoms. The van der Waals surface area contributed by atoms with Crippen LogP contribution in [-0.4, -0.2) is 70.1 Å². The van der Waals surface area contributed by atoms with Crippen molar-refractivity contribution in [1.29, 1.82) is 0 Å². The molecule has 144 valence electrons. The van der Waals surface area contributed by atoms with Gasteiger partial charge in [-0.15, -0.1) is 11.8 Å². The van der Waals surface area contributed by atoms with Crippen LogP contribution < -0.4 is 4.90 Å². The summed E-state index contributed by atoms with van der Waals surface area (Å²) in [6, 6.07) is 6.06. The molecule has 1 unspecified atom stereocenters. The molecular formula is C21H28N4OS. The van der Waals surface area contributed by atoms with E-state index in [2.05, 4.69) is 39.6 Å². The van der Waals surface area contributed by atoms with Crippen molar-refractivity contribution in [2.45, 2.75) is 42.7 Å². The highest BCUT2D eigenvalue weighted by Gasteiger charge is 2.51. The summed E-state index contributed by atoms with van der Waals surface area (Å²) in [5.74, 6) is 7.94. The van der Waals surface area contributed by atoms with Gasteiger partial charge in [0.05, 0.1) is 23.2 Å². The number of pyridine rings is 1. The first-order chi connectivity index (χ1) is 13.2. The Kier molecular flexibility index (Phi) is 5.60. The van der Waals surface area contributed by atoms with Crippen molar-refractivity contribution in [2.75, 3.05) is 44.2 Å². The zero-order valence-corrected chi connectivity index (χ0v) is 16.9. The lowest BCUT2D eigenvalue weighted by molar-refractivity contribution is -0.131. The van der Waals surface area contributed by atoms with Crippen LogP contribution in [-0.2, 0) is 4.79 Å². The quantitative estimate of drug-likeness (QED) is 0.749. The highest BCUT2D eigenvalue weighted by atomic mass is 32.2. The van der Waals surface area contributed by atoms with Crippen LogP contribution in [0.15, 0.2) is 24.4 Å². The van der Waals surface area contributed by atoms with Crippen LogP contribution >= 0.6 is 11.8 Å². The lowest BCUT2D eigenvalue weighted by Crippen LogP contribution is -2.46. The SMILES string of the molecule is CC1SC2(CCCC2)C(=O)N1CC#CCN1CCN(c2ccccn2)CC1. The van der Waals surface area contributed by atoms with E-state index >= 15 is 0 Å². The minimum atomic E-state index is -0.122. The molecule has 1 aromatic rings. The fourth-order valence-electron chi connectivity index (χ4n) is 4.33. The molecule has 3 fully saturated rings. The summed E-state index contributed by atoms with van der Waals surface area (Å²) in [7, 11) is 0. The summed E-state index contributed by atoms with van der Waals surface area (Å²) < 4.78 is -0.122. The van der Waals surface area contributed by atoms with Gasteiger partial charge >= 0.3 is 0 Å². The van der Waals surface area contributed by atoms with Gasteiger partial charge in [0.15, 0.2) is 0 Å². The Labute approximate surface area is 166 Å². The molecule has 2 aliphatic heterocycles. The Morgan fingerprint density at radius 1 is 1.15 bits per heavy atom. The number of hydrogen-bond acceptors (Lipinski definition) is 5. The number of piperazine rings is 1. The van der Waals surface area contributed by atoms with Crippen molar-refractivity contribution in [3.05, 3.63) is 24.4 Å². The highest BCUT2D eigenvalue weighted by Crippen LogP contribution is 2.50. The van der Waals surface area contributed by atoms with E-state index < -0.39 is 0 Å². The molecule has 4 rings (SSSR count). The normalized spacial score (nSPS) is 25.1. The lowest BCUT2D eigenvalue weighted by atomic mass is 10.1. The number of nitrogens with zero attached hydrogens (tertiary/aromatic N) is 4. The summed E-state index contributed by atoms with van der Waals surface area (Å²) >= 11 is 1.86. The molecule has 1 spiro atoms. The topological polar surface area (TPSA) is 39.7 Å². The largest absolute Gasteiger partial charge is 0.354 e. The lowest BCUT2D eigenvalue weighted by Gasteiger charge is -2.34. The number of anilines is 1. The van der Waals surface area contributed by atoms with Gasteiger partial charge in [-0.1, -0.05) is 30.7 Å². The van der Waals surface area contributed by atoms with Crippen molar-refractivity contribution in [3.8, 4) is 11.8 Å². The van der Waals surface area contributed by atoms with Gasteiger partial charge in [0.2, 0.25) is 5.91 Å². The number of hydrogen-bond donors (Lipinski definition) is 0. The van der Waals surface area contributed by atoms with Crippen molar-refractivity contribution in [2.24, 2.45) is 0 Å². The highest BCUT2D eigenvalue weighted by molar-refractivity contribution is 8.02. The molecule has 1 saturated carbocycles. The Hall–Kier alpha value is -1.71. The molecular weight excluding hydrogens is 356 g/mol. The van der Waals surface area contributed by atoms with Crippen LogP contribution in [0.3, 0.4) is 0 Å². The van der Waals surface area contributed by atoms with Crippen molar-refractivity contribution >= 4 is 23.5 Å². The molecule has 1 aromatic heterocycles. The van der Waals surface area contributed by atoms with Gasteiger partial charge in [-0.05, 0) is 31.9 Å². The van der Waals surface area contributed by atoms with E-state index in [0.29, 0.717) is 12.5 Å². The second kappa shape index (κ2) is 8.12. The van der Waals surface area contributed by atoms with Crippen LogP contribution in [0.5, 0.6) is 0 Å². The first kappa shape index (κ1) is 18.6. The summed E-state index contributed by atoms with van der Waals surface area (Å²) in [6.07, 6.45) is 6.32. The van der Waals surface area contributed by atoms with Gasteiger partial charge in [0.25, 0.3) is 0 Å². The van der Waals surface area contributed by atoms with Crippen molar-refractivity contribution < 1.29 is 4.79 Å². The zero-order valence-electron chi connectivity index (χ0n) is 16.1. The Bertz CT molecular complexity index is 715. The van der Waals surface area contributed by atoms with Crippen LogP contribution in [0.2, 0.25) is 0 Å². The van der Waals surface area contributed by atoms with E-state index in [-0.39, 0.29) is 10.1 Å². The average molecular weight is 385 g/mol. The summed E-state index contributed by atoms with van der Waals surface area (Å²) in [6.45, 7) is 7.48. The zero-order chi connectivity index (χ0) is 18.7. The van der Waals surface area contributed by atoms with Gasteiger partial charge in [0.1, 0.15) is 5.82 Å². The maximum atomic E-state index is 12.8. The summed E-state index contributed by atoms with van der Waals surface area (Å²) in [5, 5.41) is 0.256. The molecule has 0 bridgehead atoms. The molecule has 3 aliphatic rings. The van der Waals surface area contributed by atoms with Crippen LogP contribution in [0.4, 0.5) is 5.82 Å². The van der Waals surface area contributed by atoms with Gasteiger partial charge in [-0.25, -0.2) is 4.98 Å². The fourth-order valence-corrected chi connectivity index (χ4v) is 6.02. The molecule has 1 amide bonds. The average Bonchev–Trinajstić information content (AvgIpc) is 3.26. The Balaban J connectivity index is 1.24. The molecule has 3 heterocycles. The molecule has 5 nitrogen and oxygen atoms in total. The fraction of sp³-hybridized carbons (Fsp3) is 0.619. The first-order valence-electron chi connectivity index (χ1n) is 10.0. The predicted molar refractivity (Wildman–Crippen MR) is 111 cm³/mol. The third kappa shape index (κ3) is 3.95. The summed E-state index contributed by atoms with van der Waals surface area (Å²) in [5.41, 5.74) is 0. The monoisotopic (exact) mass is 384 g/mol. The molecule has 2 saturated heterocycles. The second-order valence-electron chi connectivity index (χ2n) is 7.66. The summed E-state index contributed by atoms with van der Waals surface area (Å²) in [4.78, 5) is 24.0. The Morgan fingerprint density at radius 2 is 1.89 bits per heavy atom. The third-order valence-electron chi connectivity index (χ3n) is 5.92. The Morgan fingerprint density at radius 3 is 2.59 bits per heavy atom. The number of carbonyl (C=O) groups is 1. The van der Waals surface area contributed by atoms with Gasteiger partial charge < -0.3 is 9.80 Å². The predicted octanol–water partition coefficient (Wildman–Crippen LogP) is 2.44. The van der Waals surface area contributed by atoms with E-state index in [4.69, 9.17) is 0 Å². The standard InChI is InChI=1S/C21H28N4OS/c1-18-25(20(26)21(27-18)9-3-4-10-21)13-7-6-12-23-14-16-24(17-15-23)19-8-2-5-11-22-19/h2,5,8,11,18H,3-4,9-10,12-17H2,1H3. The molecule has 0 radical (unpaired) electrons. The van der Waals surface area contributed by atoms with E-state index in [1.54, 1.807) is 0 Å².